The van der Waals surface area contributed by atoms with Gasteiger partial charge in [0.05, 0.1) is 0 Å². The van der Waals surface area contributed by atoms with Gasteiger partial charge in [-0.3, -0.25) is 0 Å². The minimum absolute atomic E-state index is 0.244. The Hall–Kier alpha value is 0.501. The molecular weight excluding hydrogens is 411 g/mol. The molecule has 0 saturated heterocycles. The van der Waals surface area contributed by atoms with Crippen molar-refractivity contribution in [3.05, 3.63) is 53.1 Å². The molecular formula is C19H25Cl3SiTi. The van der Waals surface area contributed by atoms with Crippen molar-refractivity contribution >= 4 is 41.2 Å². The van der Waals surface area contributed by atoms with Crippen molar-refractivity contribution in [2.24, 2.45) is 0 Å². The van der Waals surface area contributed by atoms with E-state index in [2.05, 4.69) is 56.4 Å². The molecule has 0 radical (unpaired) electrons. The summed E-state index contributed by atoms with van der Waals surface area (Å²) in [6.45, 7) is 7.07. The van der Waals surface area contributed by atoms with Gasteiger partial charge in [0.2, 0.25) is 0 Å². The molecule has 130 valence electrons. The molecule has 0 amide bonds. The van der Waals surface area contributed by atoms with Crippen LogP contribution in [0, 0.1) is 0 Å². The predicted molar refractivity (Wildman–Crippen MR) is 108 cm³/mol. The van der Waals surface area contributed by atoms with E-state index < -0.39 is 21.5 Å². The van der Waals surface area contributed by atoms with E-state index in [1.165, 1.54) is 34.7 Å². The topological polar surface area (TPSA) is 0 Å². The maximum absolute atomic E-state index is 6.87. The van der Waals surface area contributed by atoms with Crippen LogP contribution in [0.15, 0.2) is 53.1 Å². The molecule has 1 unspecified atom stereocenters. The molecule has 1 atom stereocenters. The molecule has 2 aliphatic rings. The molecule has 1 aromatic carbocycles. The van der Waals surface area contributed by atoms with E-state index in [0.29, 0.717) is 0 Å². The van der Waals surface area contributed by atoms with Crippen LogP contribution in [0.5, 0.6) is 0 Å². The molecule has 0 aromatic heterocycles. The second-order valence-electron chi connectivity index (χ2n) is 7.87. The number of hydrogen-bond acceptors (Lipinski definition) is 0. The summed E-state index contributed by atoms with van der Waals surface area (Å²) in [5, 5.41) is 1.46. The van der Waals surface area contributed by atoms with Crippen molar-refractivity contribution in [1.82, 2.24) is 0 Å². The molecule has 0 aliphatic heterocycles. The predicted octanol–water partition coefficient (Wildman–Crippen LogP) is 7.21. The molecule has 24 heavy (non-hydrogen) atoms. The van der Waals surface area contributed by atoms with Gasteiger partial charge in [0, 0.05) is 0 Å². The van der Waals surface area contributed by atoms with Crippen molar-refractivity contribution in [2.45, 2.75) is 55.5 Å². The Balaban J connectivity index is 2.09. The van der Waals surface area contributed by atoms with Crippen LogP contribution in [0.25, 0.3) is 0 Å². The zero-order valence-electron chi connectivity index (χ0n) is 14.6. The molecule has 0 bridgehead atoms. The molecule has 0 spiro atoms. The first kappa shape index (κ1) is 19.3. The SMILES string of the molecule is CC1=CC2=C(CCCC2)[C]1(C[Si](C)(C)c1ccccc1)[Ti]([Cl])([Cl])[Cl]. The quantitative estimate of drug-likeness (QED) is 0.438. The Morgan fingerprint density at radius 3 is 2.29 bits per heavy atom. The minimum atomic E-state index is -3.54. The number of allylic oxidation sites excluding steroid dienone is 4. The van der Waals surface area contributed by atoms with Gasteiger partial charge in [0.15, 0.2) is 0 Å². The van der Waals surface area contributed by atoms with E-state index in [9.17, 15) is 0 Å². The second-order valence-corrected chi connectivity index (χ2v) is 24.9. The van der Waals surface area contributed by atoms with Crippen molar-refractivity contribution in [2.75, 3.05) is 0 Å². The molecule has 0 fully saturated rings. The summed E-state index contributed by atoms with van der Waals surface area (Å²) in [6, 6.07) is 11.9. The Kier molecular flexibility index (Phi) is 5.55. The first-order valence-corrected chi connectivity index (χ1v) is 19.2. The first-order valence-electron chi connectivity index (χ1n) is 8.72. The van der Waals surface area contributed by atoms with E-state index >= 15 is 0 Å². The fourth-order valence-corrected chi connectivity index (χ4v) is 18.4. The number of hydrogen-bond donors (Lipinski definition) is 0. The number of halogens is 3. The zero-order chi connectivity index (χ0) is 17.6. The summed E-state index contributed by atoms with van der Waals surface area (Å²) in [4.78, 5) is 0. The van der Waals surface area contributed by atoms with Crippen LogP contribution in [0.2, 0.25) is 22.9 Å². The summed E-state index contributed by atoms with van der Waals surface area (Å²) in [6.07, 6.45) is 7.13. The van der Waals surface area contributed by atoms with Crippen molar-refractivity contribution in [3.8, 4) is 0 Å². The van der Waals surface area contributed by atoms with Crippen molar-refractivity contribution in [3.63, 3.8) is 0 Å². The van der Waals surface area contributed by atoms with E-state index in [1.54, 1.807) is 0 Å². The van der Waals surface area contributed by atoms with Crippen molar-refractivity contribution < 1.29 is 13.4 Å². The summed E-state index contributed by atoms with van der Waals surface area (Å²) in [7, 11) is 18.9. The molecule has 0 N–H and O–H groups in total. The van der Waals surface area contributed by atoms with Gasteiger partial charge in [-0.25, -0.2) is 0 Å². The third-order valence-corrected chi connectivity index (χ3v) is 16.6. The zero-order valence-corrected chi connectivity index (χ0v) is 19.5. The van der Waals surface area contributed by atoms with Crippen LogP contribution in [0.1, 0.15) is 32.6 Å². The van der Waals surface area contributed by atoms with Gasteiger partial charge in [0.1, 0.15) is 0 Å². The van der Waals surface area contributed by atoms with Gasteiger partial charge in [-0.1, -0.05) is 0 Å². The third-order valence-electron chi connectivity index (χ3n) is 5.84. The fraction of sp³-hybridized carbons (Fsp3) is 0.474. The Morgan fingerprint density at radius 1 is 1.04 bits per heavy atom. The van der Waals surface area contributed by atoms with Crippen LogP contribution >= 0.6 is 27.9 Å². The average molecular weight is 436 g/mol. The first-order chi connectivity index (χ1) is 11.2. The monoisotopic (exact) mass is 434 g/mol. The normalized spacial score (nSPS) is 24.8. The number of rotatable bonds is 4. The summed E-state index contributed by atoms with van der Waals surface area (Å²) >= 11 is -3.54. The average Bonchev–Trinajstić information content (AvgIpc) is 2.81. The maximum atomic E-state index is 6.87. The van der Waals surface area contributed by atoms with E-state index in [-0.39, 0.29) is 3.72 Å². The summed E-state index contributed by atoms with van der Waals surface area (Å²) < 4.78 is -0.244. The molecule has 0 saturated carbocycles. The van der Waals surface area contributed by atoms with Crippen LogP contribution in [0.4, 0.5) is 0 Å². The van der Waals surface area contributed by atoms with E-state index in [4.69, 9.17) is 27.9 Å². The van der Waals surface area contributed by atoms with E-state index in [0.717, 1.165) is 18.9 Å². The number of benzene rings is 1. The molecule has 2 aliphatic carbocycles. The standard InChI is InChI=1S/C19H25Si.3ClH.Ti/c1-15-13-16-9-7-8-12-18(16)19(15)14-20(2,3)17-10-5-4-6-11-17;;;;/h4-6,10-11,13H,7-9,12,14H2,1-3H3;3*1H;/q;;;;+3/p-3. The Morgan fingerprint density at radius 2 is 1.67 bits per heavy atom. The van der Waals surface area contributed by atoms with Crippen LogP contribution in [-0.4, -0.2) is 8.07 Å². The van der Waals surface area contributed by atoms with Gasteiger partial charge >= 0.3 is 163 Å². The molecule has 3 rings (SSSR count). The van der Waals surface area contributed by atoms with Gasteiger partial charge in [0.25, 0.3) is 0 Å². The van der Waals surface area contributed by atoms with Crippen LogP contribution in [-0.2, 0) is 13.4 Å². The van der Waals surface area contributed by atoms with Gasteiger partial charge in [-0.2, -0.15) is 0 Å². The van der Waals surface area contributed by atoms with Gasteiger partial charge < -0.3 is 0 Å². The molecule has 0 nitrogen and oxygen atoms in total. The summed E-state index contributed by atoms with van der Waals surface area (Å²) in [5.41, 5.74) is 4.29. The Bertz CT molecular complexity index is 688. The van der Waals surface area contributed by atoms with E-state index in [1.807, 2.05) is 0 Å². The summed E-state index contributed by atoms with van der Waals surface area (Å²) in [5.74, 6) is 0. The third kappa shape index (κ3) is 3.26. The molecule has 1 aromatic rings. The van der Waals surface area contributed by atoms with Crippen LogP contribution < -0.4 is 5.19 Å². The van der Waals surface area contributed by atoms with Crippen molar-refractivity contribution in [1.29, 1.82) is 0 Å². The van der Waals surface area contributed by atoms with Crippen LogP contribution in [0.3, 0.4) is 0 Å². The Labute approximate surface area is 162 Å². The van der Waals surface area contributed by atoms with Gasteiger partial charge in [-0.05, 0) is 0 Å². The molecule has 5 heteroatoms. The fourth-order valence-electron chi connectivity index (χ4n) is 4.59. The second kappa shape index (κ2) is 6.91. The molecule has 0 heterocycles. The van der Waals surface area contributed by atoms with Gasteiger partial charge in [-0.15, -0.1) is 0 Å².